The molecule has 2 aromatic carbocycles. The minimum Gasteiger partial charge on any atom is -0.222 e. The van der Waals surface area contributed by atoms with Gasteiger partial charge in [-0.1, -0.05) is 48.6 Å². The van der Waals surface area contributed by atoms with E-state index in [1.165, 1.54) is 30.3 Å². The van der Waals surface area contributed by atoms with E-state index in [1.807, 2.05) is 0 Å². The number of allylic oxidation sites excluding steroid dienone is 1. The smallest absolute Gasteiger partial charge is 0.202 e. The zero-order valence-electron chi connectivity index (χ0n) is 12.3. The highest BCUT2D eigenvalue weighted by molar-refractivity contribution is 8.10. The van der Waals surface area contributed by atoms with E-state index in [4.69, 9.17) is 0 Å². The molecule has 0 fully saturated rings. The molecule has 0 N–H and O–H groups in total. The Bertz CT molecular complexity index is 859. The lowest BCUT2D eigenvalue weighted by Gasteiger charge is -2.27. The molecular weight excluding hydrogens is 332 g/mol. The summed E-state index contributed by atoms with van der Waals surface area (Å²) in [6.07, 6.45) is 3.40. The highest BCUT2D eigenvalue weighted by Gasteiger charge is 2.55. The predicted octanol–water partition coefficient (Wildman–Crippen LogP) is 2.98. The molecule has 4 nitrogen and oxygen atoms in total. The second kappa shape index (κ2) is 5.62. The van der Waals surface area contributed by atoms with E-state index >= 15 is 0 Å². The predicted molar refractivity (Wildman–Crippen MR) is 88.4 cm³/mol. The molecule has 0 spiro atoms. The lowest BCUT2D eigenvalue weighted by Crippen LogP contribution is -2.43. The van der Waals surface area contributed by atoms with Gasteiger partial charge in [0.25, 0.3) is 0 Å². The second-order valence-corrected chi connectivity index (χ2v) is 10.1. The molecule has 0 bridgehead atoms. The van der Waals surface area contributed by atoms with Gasteiger partial charge >= 0.3 is 0 Å². The fourth-order valence-electron chi connectivity index (χ4n) is 2.82. The minimum atomic E-state index is -4.08. The molecule has 0 saturated carbocycles. The summed E-state index contributed by atoms with van der Waals surface area (Å²) < 4.78 is 50.6. The number of hydrogen-bond donors (Lipinski definition) is 0. The summed E-state index contributed by atoms with van der Waals surface area (Å²) in [6.45, 7) is 0. The van der Waals surface area contributed by atoms with Crippen LogP contribution in [0.1, 0.15) is 12.8 Å². The van der Waals surface area contributed by atoms with Gasteiger partial charge in [-0.2, -0.15) is 0 Å². The van der Waals surface area contributed by atoms with Gasteiger partial charge in [-0.05, 0) is 37.1 Å². The molecule has 0 aliphatic heterocycles. The quantitative estimate of drug-likeness (QED) is 0.797. The Morgan fingerprint density at radius 2 is 1.13 bits per heavy atom. The summed E-state index contributed by atoms with van der Waals surface area (Å²) in [5, 5.41) is 0. The third kappa shape index (κ3) is 2.33. The second-order valence-electron chi connectivity index (χ2n) is 5.39. The molecule has 0 heterocycles. The van der Waals surface area contributed by atoms with Gasteiger partial charge in [0, 0.05) is 0 Å². The van der Waals surface area contributed by atoms with E-state index in [0.717, 1.165) is 0 Å². The monoisotopic (exact) mass is 348 g/mol. The van der Waals surface area contributed by atoms with E-state index in [1.54, 1.807) is 42.5 Å². The van der Waals surface area contributed by atoms with Gasteiger partial charge in [0.1, 0.15) is 0 Å². The lowest BCUT2D eigenvalue weighted by atomic mass is 10.3. The molecule has 1 aliphatic rings. The maximum Gasteiger partial charge on any atom is 0.202 e. The molecule has 0 atom stereocenters. The fourth-order valence-corrected chi connectivity index (χ4v) is 7.71. The molecule has 120 valence electrons. The average Bonchev–Trinajstić information content (AvgIpc) is 3.09. The summed E-state index contributed by atoms with van der Waals surface area (Å²) in [5.74, 6) is 0. The number of benzene rings is 2. The van der Waals surface area contributed by atoms with E-state index < -0.39 is 23.8 Å². The van der Waals surface area contributed by atoms with Crippen molar-refractivity contribution in [1.29, 1.82) is 0 Å². The van der Waals surface area contributed by atoms with Crippen molar-refractivity contribution in [2.45, 2.75) is 26.7 Å². The van der Waals surface area contributed by atoms with Crippen LogP contribution in [0, 0.1) is 0 Å². The molecule has 0 aromatic heterocycles. The van der Waals surface area contributed by atoms with Crippen molar-refractivity contribution >= 4 is 19.7 Å². The molecule has 23 heavy (non-hydrogen) atoms. The highest BCUT2D eigenvalue weighted by atomic mass is 32.3. The third-order valence-electron chi connectivity index (χ3n) is 4.05. The highest BCUT2D eigenvalue weighted by Crippen LogP contribution is 2.43. The Hall–Kier alpha value is -1.92. The van der Waals surface area contributed by atoms with Gasteiger partial charge in [0.05, 0.1) is 9.79 Å². The fraction of sp³-hybridized carbons (Fsp3) is 0.176. The summed E-state index contributed by atoms with van der Waals surface area (Å²) in [6, 6.07) is 15.5. The van der Waals surface area contributed by atoms with Gasteiger partial charge in [-0.3, -0.25) is 0 Å². The normalized spacial score (nSPS) is 17.2. The molecule has 0 amide bonds. The lowest BCUT2D eigenvalue weighted by molar-refractivity contribution is 0.554. The van der Waals surface area contributed by atoms with Crippen LogP contribution in [0.4, 0.5) is 0 Å². The van der Waals surface area contributed by atoms with Crippen LogP contribution in [0.25, 0.3) is 0 Å². The maximum atomic E-state index is 13.1. The Balaban J connectivity index is 2.26. The van der Waals surface area contributed by atoms with Crippen molar-refractivity contribution in [2.75, 3.05) is 0 Å². The average molecular weight is 348 g/mol. The molecule has 0 saturated heterocycles. The van der Waals surface area contributed by atoms with Crippen molar-refractivity contribution in [1.82, 2.24) is 0 Å². The van der Waals surface area contributed by atoms with Crippen molar-refractivity contribution in [3.8, 4) is 0 Å². The van der Waals surface area contributed by atoms with Crippen LogP contribution in [-0.4, -0.2) is 20.9 Å². The topological polar surface area (TPSA) is 68.3 Å². The largest absolute Gasteiger partial charge is 0.222 e. The Kier molecular flexibility index (Phi) is 3.90. The molecular formula is C17H16O4S2. The number of rotatable bonds is 4. The standard InChI is InChI=1S/C17H16O4S2/c18-22(19,15-9-3-1-4-10-15)17(13-7-8-14-17)23(20,21)16-11-5-2-6-12-16/h1-7,9-13H,8,14H2. The van der Waals surface area contributed by atoms with E-state index in [-0.39, 0.29) is 16.2 Å². The van der Waals surface area contributed by atoms with Crippen molar-refractivity contribution in [2.24, 2.45) is 0 Å². The summed E-state index contributed by atoms with van der Waals surface area (Å²) >= 11 is 0. The Labute approximate surface area is 136 Å². The van der Waals surface area contributed by atoms with Crippen molar-refractivity contribution in [3.05, 3.63) is 72.8 Å². The van der Waals surface area contributed by atoms with E-state index in [0.29, 0.717) is 6.42 Å². The van der Waals surface area contributed by atoms with Gasteiger partial charge in [0.15, 0.2) is 4.08 Å². The van der Waals surface area contributed by atoms with Crippen LogP contribution >= 0.6 is 0 Å². The third-order valence-corrected chi connectivity index (χ3v) is 9.65. The first-order valence-corrected chi connectivity index (χ1v) is 10.2. The van der Waals surface area contributed by atoms with Crippen molar-refractivity contribution < 1.29 is 16.8 Å². The first kappa shape index (κ1) is 16.0. The van der Waals surface area contributed by atoms with Crippen molar-refractivity contribution in [3.63, 3.8) is 0 Å². The van der Waals surface area contributed by atoms with Crippen LogP contribution in [0.2, 0.25) is 0 Å². The van der Waals surface area contributed by atoms with E-state index in [9.17, 15) is 16.8 Å². The molecule has 0 radical (unpaired) electrons. The first-order chi connectivity index (χ1) is 10.9. The molecule has 0 unspecified atom stereocenters. The minimum absolute atomic E-state index is 0.0195. The molecule has 3 rings (SSSR count). The van der Waals surface area contributed by atoms with Gasteiger partial charge in [-0.25, -0.2) is 16.8 Å². The number of sulfone groups is 2. The van der Waals surface area contributed by atoms with Crippen LogP contribution < -0.4 is 0 Å². The van der Waals surface area contributed by atoms with Gasteiger partial charge < -0.3 is 0 Å². The van der Waals surface area contributed by atoms with Crippen LogP contribution in [0.15, 0.2) is 82.6 Å². The molecule has 6 heteroatoms. The Morgan fingerprint density at radius 1 is 0.696 bits per heavy atom. The molecule has 2 aromatic rings. The van der Waals surface area contributed by atoms with Gasteiger partial charge in [-0.15, -0.1) is 0 Å². The zero-order valence-corrected chi connectivity index (χ0v) is 13.9. The van der Waals surface area contributed by atoms with Crippen LogP contribution in [-0.2, 0) is 19.7 Å². The molecule has 1 aliphatic carbocycles. The SMILES string of the molecule is O=S(=O)(c1ccccc1)C1(S(=O)(=O)c2ccccc2)C=CCC1. The maximum absolute atomic E-state index is 13.1. The number of hydrogen-bond acceptors (Lipinski definition) is 4. The van der Waals surface area contributed by atoms with Crippen LogP contribution in [0.3, 0.4) is 0 Å². The zero-order chi connectivity index (χ0) is 16.6. The Morgan fingerprint density at radius 3 is 1.48 bits per heavy atom. The first-order valence-electron chi connectivity index (χ1n) is 7.19. The van der Waals surface area contributed by atoms with Crippen LogP contribution in [0.5, 0.6) is 0 Å². The summed E-state index contributed by atoms with van der Waals surface area (Å²) in [7, 11) is -8.16. The summed E-state index contributed by atoms with van der Waals surface area (Å²) in [4.78, 5) is 0.0390. The van der Waals surface area contributed by atoms with E-state index in [2.05, 4.69) is 0 Å². The van der Waals surface area contributed by atoms with Gasteiger partial charge in [0.2, 0.25) is 19.7 Å². The summed E-state index contributed by atoms with van der Waals surface area (Å²) in [5.41, 5.74) is 0.